The molecule has 2 rings (SSSR count). The molecule has 0 aliphatic heterocycles. The highest BCUT2D eigenvalue weighted by Crippen LogP contribution is 2.17. The number of hydrogen-bond acceptors (Lipinski definition) is 4. The molecule has 4 nitrogen and oxygen atoms in total. The summed E-state index contributed by atoms with van der Waals surface area (Å²) in [7, 11) is 1.59. The van der Waals surface area contributed by atoms with Crippen molar-refractivity contribution in [1.82, 2.24) is 0 Å². The second-order valence-corrected chi connectivity index (χ2v) is 4.41. The molecule has 0 N–H and O–H groups in total. The van der Waals surface area contributed by atoms with Gasteiger partial charge in [0.15, 0.2) is 0 Å². The van der Waals surface area contributed by atoms with Crippen molar-refractivity contribution >= 4 is 5.97 Å². The van der Waals surface area contributed by atoms with E-state index in [4.69, 9.17) is 14.2 Å². The first-order valence-corrected chi connectivity index (χ1v) is 6.80. The van der Waals surface area contributed by atoms with Crippen molar-refractivity contribution in [2.45, 2.75) is 12.8 Å². The van der Waals surface area contributed by atoms with Crippen LogP contribution in [0, 0.1) is 0 Å². The Kier molecular flexibility index (Phi) is 5.64. The third kappa shape index (κ3) is 5.18. The molecule has 110 valence electrons. The van der Waals surface area contributed by atoms with Crippen LogP contribution in [0.4, 0.5) is 0 Å². The largest absolute Gasteiger partial charge is 0.497 e. The fourth-order valence-electron chi connectivity index (χ4n) is 1.75. The summed E-state index contributed by atoms with van der Waals surface area (Å²) in [5.41, 5.74) is 0. The summed E-state index contributed by atoms with van der Waals surface area (Å²) in [6.45, 7) is 0.488. The zero-order valence-electron chi connectivity index (χ0n) is 12.0. The van der Waals surface area contributed by atoms with Gasteiger partial charge < -0.3 is 14.2 Å². The van der Waals surface area contributed by atoms with Crippen LogP contribution in [0.2, 0.25) is 0 Å². The number of carbonyl (C=O) groups excluding carboxylic acids is 1. The second kappa shape index (κ2) is 7.94. The highest BCUT2D eigenvalue weighted by molar-refractivity contribution is 5.72. The van der Waals surface area contributed by atoms with Gasteiger partial charge in [0.25, 0.3) is 0 Å². The van der Waals surface area contributed by atoms with Gasteiger partial charge in [-0.15, -0.1) is 0 Å². The lowest BCUT2D eigenvalue weighted by molar-refractivity contribution is -0.134. The van der Waals surface area contributed by atoms with E-state index < -0.39 is 0 Å². The Hall–Kier alpha value is -2.49. The molecule has 0 amide bonds. The molecule has 2 aromatic carbocycles. The van der Waals surface area contributed by atoms with E-state index in [1.165, 1.54) is 0 Å². The normalized spacial score (nSPS) is 9.95. The highest BCUT2D eigenvalue weighted by Gasteiger charge is 2.05. The van der Waals surface area contributed by atoms with Crippen molar-refractivity contribution in [3.63, 3.8) is 0 Å². The molecule has 21 heavy (non-hydrogen) atoms. The van der Waals surface area contributed by atoms with E-state index in [-0.39, 0.29) is 5.97 Å². The van der Waals surface area contributed by atoms with Crippen LogP contribution in [0.1, 0.15) is 12.8 Å². The Bertz CT molecular complexity index is 549. The van der Waals surface area contributed by atoms with Crippen LogP contribution in [-0.2, 0) is 4.79 Å². The summed E-state index contributed by atoms with van der Waals surface area (Å²) < 4.78 is 15.8. The summed E-state index contributed by atoms with van der Waals surface area (Å²) in [6.07, 6.45) is 0.933. The van der Waals surface area contributed by atoms with E-state index in [0.29, 0.717) is 25.2 Å². The number of para-hydroxylation sites is 1. The molecule has 0 bridgehead atoms. The summed E-state index contributed by atoms with van der Waals surface area (Å²) >= 11 is 0. The number of hydrogen-bond donors (Lipinski definition) is 0. The third-order valence-electron chi connectivity index (χ3n) is 2.83. The average Bonchev–Trinajstić information content (AvgIpc) is 2.53. The minimum atomic E-state index is -0.267. The Balaban J connectivity index is 1.67. The van der Waals surface area contributed by atoms with Crippen LogP contribution in [0.25, 0.3) is 0 Å². The van der Waals surface area contributed by atoms with Crippen molar-refractivity contribution in [1.29, 1.82) is 0 Å². The molecule has 0 saturated carbocycles. The number of carbonyl (C=O) groups is 1. The number of ether oxygens (including phenoxy) is 3. The summed E-state index contributed by atoms with van der Waals surface area (Å²) in [6, 6.07) is 16.4. The van der Waals surface area contributed by atoms with Crippen LogP contribution >= 0.6 is 0 Å². The lowest BCUT2D eigenvalue weighted by Gasteiger charge is -2.07. The zero-order valence-corrected chi connectivity index (χ0v) is 12.0. The van der Waals surface area contributed by atoms with Crippen molar-refractivity contribution in [3.05, 3.63) is 54.6 Å². The Morgan fingerprint density at radius 2 is 1.57 bits per heavy atom. The summed E-state index contributed by atoms with van der Waals surface area (Å²) in [5, 5.41) is 0. The standard InChI is InChI=1S/C17H18O4/c1-19-14-9-11-16(12-10-14)21-17(18)8-5-13-20-15-6-3-2-4-7-15/h2-4,6-7,9-12H,5,8,13H2,1H3. The van der Waals surface area contributed by atoms with Crippen LogP contribution in [-0.4, -0.2) is 19.7 Å². The third-order valence-corrected chi connectivity index (χ3v) is 2.83. The van der Waals surface area contributed by atoms with Crippen molar-refractivity contribution < 1.29 is 19.0 Å². The first-order chi connectivity index (χ1) is 10.3. The maximum atomic E-state index is 11.7. The molecule has 0 spiro atoms. The van der Waals surface area contributed by atoms with E-state index in [2.05, 4.69) is 0 Å². The quantitative estimate of drug-likeness (QED) is 0.444. The molecule has 0 aromatic heterocycles. The van der Waals surface area contributed by atoms with Crippen molar-refractivity contribution in [3.8, 4) is 17.2 Å². The van der Waals surface area contributed by atoms with Gasteiger partial charge in [-0.1, -0.05) is 18.2 Å². The van der Waals surface area contributed by atoms with Crippen LogP contribution in [0.3, 0.4) is 0 Å². The number of benzene rings is 2. The molecule has 4 heteroatoms. The van der Waals surface area contributed by atoms with Crippen molar-refractivity contribution in [2.24, 2.45) is 0 Å². The topological polar surface area (TPSA) is 44.8 Å². The average molecular weight is 286 g/mol. The van der Waals surface area contributed by atoms with Gasteiger partial charge in [0, 0.05) is 6.42 Å². The Morgan fingerprint density at radius 3 is 2.24 bits per heavy atom. The van der Waals surface area contributed by atoms with E-state index in [0.717, 1.165) is 11.5 Å². The fourth-order valence-corrected chi connectivity index (χ4v) is 1.75. The fraction of sp³-hybridized carbons (Fsp3) is 0.235. The predicted molar refractivity (Wildman–Crippen MR) is 79.8 cm³/mol. The van der Waals surface area contributed by atoms with E-state index in [9.17, 15) is 4.79 Å². The highest BCUT2D eigenvalue weighted by atomic mass is 16.5. The van der Waals surface area contributed by atoms with Gasteiger partial charge in [0.2, 0.25) is 0 Å². The van der Waals surface area contributed by atoms with Gasteiger partial charge in [0.05, 0.1) is 13.7 Å². The first kappa shape index (κ1) is 14.9. The summed E-state index contributed by atoms with van der Waals surface area (Å²) in [5.74, 6) is 1.79. The van der Waals surface area contributed by atoms with Gasteiger partial charge in [-0.2, -0.15) is 0 Å². The van der Waals surface area contributed by atoms with Gasteiger partial charge in [0.1, 0.15) is 17.2 Å². The lowest BCUT2D eigenvalue weighted by atomic mass is 10.3. The Morgan fingerprint density at radius 1 is 0.905 bits per heavy atom. The molecule has 0 atom stereocenters. The van der Waals surface area contributed by atoms with Gasteiger partial charge in [-0.05, 0) is 42.8 Å². The molecular weight excluding hydrogens is 268 g/mol. The predicted octanol–water partition coefficient (Wildman–Crippen LogP) is 3.46. The SMILES string of the molecule is COc1ccc(OC(=O)CCCOc2ccccc2)cc1. The molecule has 0 unspecified atom stereocenters. The van der Waals surface area contributed by atoms with Crippen LogP contribution < -0.4 is 14.2 Å². The Labute approximate surface area is 124 Å². The molecule has 0 aliphatic carbocycles. The number of rotatable bonds is 7. The number of methoxy groups -OCH3 is 1. The van der Waals surface area contributed by atoms with E-state index in [1.54, 1.807) is 31.4 Å². The molecule has 0 heterocycles. The number of esters is 1. The zero-order chi connectivity index (χ0) is 14.9. The maximum Gasteiger partial charge on any atom is 0.311 e. The van der Waals surface area contributed by atoms with E-state index in [1.807, 2.05) is 30.3 Å². The maximum absolute atomic E-state index is 11.7. The first-order valence-electron chi connectivity index (χ1n) is 6.80. The minimum absolute atomic E-state index is 0.267. The molecule has 2 aromatic rings. The van der Waals surface area contributed by atoms with Crippen LogP contribution in [0.15, 0.2) is 54.6 Å². The lowest BCUT2D eigenvalue weighted by Crippen LogP contribution is -2.09. The molecule has 0 aliphatic rings. The monoisotopic (exact) mass is 286 g/mol. The minimum Gasteiger partial charge on any atom is -0.497 e. The van der Waals surface area contributed by atoms with Gasteiger partial charge in [-0.3, -0.25) is 4.79 Å². The van der Waals surface area contributed by atoms with Crippen molar-refractivity contribution in [2.75, 3.05) is 13.7 Å². The van der Waals surface area contributed by atoms with E-state index >= 15 is 0 Å². The molecule has 0 fully saturated rings. The molecule has 0 radical (unpaired) electrons. The molecular formula is C17H18O4. The van der Waals surface area contributed by atoms with Crippen LogP contribution in [0.5, 0.6) is 17.2 Å². The van der Waals surface area contributed by atoms with Gasteiger partial charge >= 0.3 is 5.97 Å². The molecule has 0 saturated heterocycles. The van der Waals surface area contributed by atoms with Gasteiger partial charge in [-0.25, -0.2) is 0 Å². The second-order valence-electron chi connectivity index (χ2n) is 4.41. The summed E-state index contributed by atoms with van der Waals surface area (Å²) in [4.78, 5) is 11.7. The smallest absolute Gasteiger partial charge is 0.311 e.